The zero-order valence-corrected chi connectivity index (χ0v) is 11.0. The maximum absolute atomic E-state index is 9.29. The standard InChI is InChI=1S/C12H28N2O/c1-6-11(3)14(7-2)9-8-12(4,10-15)13-5/h11,13,15H,6-10H2,1-5H3. The SMILES string of the molecule is CCC(C)N(CC)CCC(C)(CO)NC. The highest BCUT2D eigenvalue weighted by Crippen LogP contribution is 2.11. The zero-order chi connectivity index (χ0) is 11.9. The second kappa shape index (κ2) is 7.20. The van der Waals surface area contributed by atoms with E-state index in [9.17, 15) is 5.11 Å². The third kappa shape index (κ3) is 4.96. The Morgan fingerprint density at radius 3 is 2.33 bits per heavy atom. The normalized spacial score (nSPS) is 17.8. The van der Waals surface area contributed by atoms with Gasteiger partial charge in [0.25, 0.3) is 0 Å². The minimum absolute atomic E-state index is 0.138. The van der Waals surface area contributed by atoms with E-state index in [0.29, 0.717) is 6.04 Å². The van der Waals surface area contributed by atoms with Crippen LogP contribution < -0.4 is 5.32 Å². The van der Waals surface area contributed by atoms with E-state index in [1.165, 1.54) is 6.42 Å². The first-order chi connectivity index (χ1) is 7.02. The average Bonchev–Trinajstić information content (AvgIpc) is 2.29. The smallest absolute Gasteiger partial charge is 0.0610 e. The van der Waals surface area contributed by atoms with E-state index >= 15 is 0 Å². The predicted molar refractivity (Wildman–Crippen MR) is 66.2 cm³/mol. The maximum atomic E-state index is 9.29. The summed E-state index contributed by atoms with van der Waals surface area (Å²) in [4.78, 5) is 2.46. The first-order valence-electron chi connectivity index (χ1n) is 6.06. The molecule has 2 unspecified atom stereocenters. The molecule has 0 aliphatic rings. The van der Waals surface area contributed by atoms with Crippen molar-refractivity contribution < 1.29 is 5.11 Å². The molecule has 0 aromatic carbocycles. The molecule has 3 nitrogen and oxygen atoms in total. The van der Waals surface area contributed by atoms with Crippen LogP contribution in [0.2, 0.25) is 0 Å². The Morgan fingerprint density at radius 1 is 1.40 bits per heavy atom. The summed E-state index contributed by atoms with van der Waals surface area (Å²) in [6.45, 7) is 11.1. The molecule has 15 heavy (non-hydrogen) atoms. The van der Waals surface area contributed by atoms with Crippen molar-refractivity contribution in [2.45, 2.75) is 52.1 Å². The molecule has 2 N–H and O–H groups in total. The lowest BCUT2D eigenvalue weighted by Gasteiger charge is -2.33. The van der Waals surface area contributed by atoms with Crippen molar-refractivity contribution in [1.82, 2.24) is 10.2 Å². The van der Waals surface area contributed by atoms with Gasteiger partial charge in [-0.1, -0.05) is 13.8 Å². The molecule has 0 bridgehead atoms. The van der Waals surface area contributed by atoms with Crippen molar-refractivity contribution >= 4 is 0 Å². The van der Waals surface area contributed by atoms with E-state index in [-0.39, 0.29) is 12.1 Å². The molecule has 0 heterocycles. The van der Waals surface area contributed by atoms with E-state index in [0.717, 1.165) is 19.5 Å². The number of nitrogens with zero attached hydrogens (tertiary/aromatic N) is 1. The average molecular weight is 216 g/mol. The van der Waals surface area contributed by atoms with Gasteiger partial charge in [0.15, 0.2) is 0 Å². The zero-order valence-electron chi connectivity index (χ0n) is 11.0. The Balaban J connectivity index is 4.09. The molecule has 92 valence electrons. The summed E-state index contributed by atoms with van der Waals surface area (Å²) >= 11 is 0. The highest BCUT2D eigenvalue weighted by molar-refractivity contribution is 4.82. The van der Waals surface area contributed by atoms with Crippen LogP contribution in [-0.2, 0) is 0 Å². The van der Waals surface area contributed by atoms with E-state index in [2.05, 4.69) is 37.9 Å². The van der Waals surface area contributed by atoms with Crippen LogP contribution in [-0.4, -0.2) is 48.3 Å². The van der Waals surface area contributed by atoms with Gasteiger partial charge in [0.05, 0.1) is 6.61 Å². The topological polar surface area (TPSA) is 35.5 Å². The van der Waals surface area contributed by atoms with Gasteiger partial charge in [0, 0.05) is 18.1 Å². The molecule has 0 aliphatic heterocycles. The van der Waals surface area contributed by atoms with Crippen molar-refractivity contribution in [1.29, 1.82) is 0 Å². The highest BCUT2D eigenvalue weighted by Gasteiger charge is 2.22. The highest BCUT2D eigenvalue weighted by atomic mass is 16.3. The molecule has 0 saturated heterocycles. The first-order valence-corrected chi connectivity index (χ1v) is 6.06. The summed E-state index contributed by atoms with van der Waals surface area (Å²) in [5.41, 5.74) is -0.138. The summed E-state index contributed by atoms with van der Waals surface area (Å²) < 4.78 is 0. The lowest BCUT2D eigenvalue weighted by Crippen LogP contribution is -2.47. The maximum Gasteiger partial charge on any atom is 0.0610 e. The minimum Gasteiger partial charge on any atom is -0.394 e. The summed E-state index contributed by atoms with van der Waals surface area (Å²) in [6.07, 6.45) is 2.17. The van der Waals surface area contributed by atoms with Crippen molar-refractivity contribution in [2.24, 2.45) is 0 Å². The van der Waals surface area contributed by atoms with Crippen LogP contribution in [0.4, 0.5) is 0 Å². The molecule has 2 atom stereocenters. The number of rotatable bonds is 8. The summed E-state index contributed by atoms with van der Waals surface area (Å²) in [5, 5.41) is 12.5. The molecule has 0 rings (SSSR count). The fourth-order valence-electron chi connectivity index (χ4n) is 1.62. The number of hydrogen-bond acceptors (Lipinski definition) is 3. The van der Waals surface area contributed by atoms with Crippen LogP contribution in [0, 0.1) is 0 Å². The van der Waals surface area contributed by atoms with E-state index in [1.54, 1.807) is 0 Å². The molecule has 0 spiro atoms. The van der Waals surface area contributed by atoms with Crippen molar-refractivity contribution in [2.75, 3.05) is 26.7 Å². The Hall–Kier alpha value is -0.120. The van der Waals surface area contributed by atoms with Gasteiger partial charge in [0.2, 0.25) is 0 Å². The van der Waals surface area contributed by atoms with E-state index < -0.39 is 0 Å². The van der Waals surface area contributed by atoms with E-state index in [1.807, 2.05) is 7.05 Å². The van der Waals surface area contributed by atoms with Gasteiger partial charge in [-0.25, -0.2) is 0 Å². The molecule has 3 heteroatoms. The van der Waals surface area contributed by atoms with Gasteiger partial charge in [-0.2, -0.15) is 0 Å². The molecule has 0 fully saturated rings. The molecule has 0 aliphatic carbocycles. The second-order valence-corrected chi connectivity index (χ2v) is 4.60. The van der Waals surface area contributed by atoms with Crippen LogP contribution in [0.15, 0.2) is 0 Å². The largest absolute Gasteiger partial charge is 0.394 e. The number of hydrogen-bond donors (Lipinski definition) is 2. The monoisotopic (exact) mass is 216 g/mol. The molecule has 0 amide bonds. The van der Waals surface area contributed by atoms with E-state index in [4.69, 9.17) is 0 Å². The molecule has 0 aromatic rings. The fourth-order valence-corrected chi connectivity index (χ4v) is 1.62. The molecule has 0 saturated carbocycles. The Bertz CT molecular complexity index is 158. The van der Waals surface area contributed by atoms with Gasteiger partial charge >= 0.3 is 0 Å². The lowest BCUT2D eigenvalue weighted by atomic mass is 9.98. The summed E-state index contributed by atoms with van der Waals surface area (Å²) in [6, 6.07) is 0.634. The number of nitrogens with one attached hydrogen (secondary N) is 1. The third-order valence-electron chi connectivity index (χ3n) is 3.52. The quantitative estimate of drug-likeness (QED) is 0.645. The predicted octanol–water partition coefficient (Wildman–Crippen LogP) is 1.47. The van der Waals surface area contributed by atoms with Crippen LogP contribution in [0.5, 0.6) is 0 Å². The van der Waals surface area contributed by atoms with Gasteiger partial charge in [0.1, 0.15) is 0 Å². The Labute approximate surface area is 94.9 Å². The van der Waals surface area contributed by atoms with Crippen molar-refractivity contribution in [3.8, 4) is 0 Å². The number of aliphatic hydroxyl groups is 1. The van der Waals surface area contributed by atoms with Crippen LogP contribution in [0.25, 0.3) is 0 Å². The molecular weight excluding hydrogens is 188 g/mol. The van der Waals surface area contributed by atoms with Crippen LogP contribution in [0.3, 0.4) is 0 Å². The Morgan fingerprint density at radius 2 is 2.00 bits per heavy atom. The summed E-state index contributed by atoms with van der Waals surface area (Å²) in [5.74, 6) is 0. The second-order valence-electron chi connectivity index (χ2n) is 4.60. The Kier molecular flexibility index (Phi) is 7.14. The van der Waals surface area contributed by atoms with Crippen LogP contribution >= 0.6 is 0 Å². The van der Waals surface area contributed by atoms with Crippen molar-refractivity contribution in [3.63, 3.8) is 0 Å². The molecule has 0 aromatic heterocycles. The minimum atomic E-state index is -0.138. The lowest BCUT2D eigenvalue weighted by molar-refractivity contribution is 0.138. The van der Waals surface area contributed by atoms with Gasteiger partial charge < -0.3 is 15.3 Å². The van der Waals surface area contributed by atoms with Crippen molar-refractivity contribution in [3.05, 3.63) is 0 Å². The molecule has 0 radical (unpaired) electrons. The van der Waals surface area contributed by atoms with Gasteiger partial charge in [-0.3, -0.25) is 0 Å². The third-order valence-corrected chi connectivity index (χ3v) is 3.52. The number of likely N-dealkylation sites (N-methyl/N-ethyl adjacent to an activating group) is 1. The van der Waals surface area contributed by atoms with Gasteiger partial charge in [-0.15, -0.1) is 0 Å². The van der Waals surface area contributed by atoms with Gasteiger partial charge in [-0.05, 0) is 40.3 Å². The molecular formula is C12H28N2O. The summed E-state index contributed by atoms with van der Waals surface area (Å²) in [7, 11) is 1.91. The first kappa shape index (κ1) is 14.9. The number of aliphatic hydroxyl groups excluding tert-OH is 1. The fraction of sp³-hybridized carbons (Fsp3) is 1.00. The van der Waals surface area contributed by atoms with Crippen LogP contribution in [0.1, 0.15) is 40.5 Å².